The van der Waals surface area contributed by atoms with E-state index in [0.29, 0.717) is 5.56 Å². The largest absolute Gasteiger partial charge is 0.298 e. The molecule has 0 aliphatic rings. The molecule has 0 fully saturated rings. The van der Waals surface area contributed by atoms with Crippen LogP contribution in [0, 0.1) is 6.92 Å². The average molecular weight is 174 g/mol. The normalized spacial score (nSPS) is 10.6. The number of aldehydes is 1. The molecule has 0 saturated carbocycles. The first-order valence-corrected chi connectivity index (χ1v) is 4.10. The van der Waals surface area contributed by atoms with E-state index < -0.39 is 0 Å². The SMILES string of the molecule is Cc1ccc(C=O)c2c1cnn2C. The first-order chi connectivity index (χ1) is 6.24. The molecule has 2 rings (SSSR count). The molecule has 1 aromatic carbocycles. The van der Waals surface area contributed by atoms with E-state index in [4.69, 9.17) is 0 Å². The molecule has 0 aliphatic carbocycles. The number of carbonyl (C=O) groups is 1. The molecule has 13 heavy (non-hydrogen) atoms. The summed E-state index contributed by atoms with van der Waals surface area (Å²) in [5.41, 5.74) is 2.75. The van der Waals surface area contributed by atoms with Gasteiger partial charge in [0.1, 0.15) is 0 Å². The van der Waals surface area contributed by atoms with E-state index >= 15 is 0 Å². The Hall–Kier alpha value is -1.64. The first-order valence-electron chi connectivity index (χ1n) is 4.10. The molecular formula is C10H10N2O. The van der Waals surface area contributed by atoms with Crippen LogP contribution in [-0.2, 0) is 7.05 Å². The van der Waals surface area contributed by atoms with Gasteiger partial charge in [-0.25, -0.2) is 0 Å². The number of fused-ring (bicyclic) bond motifs is 1. The van der Waals surface area contributed by atoms with Crippen LogP contribution < -0.4 is 0 Å². The van der Waals surface area contributed by atoms with Crippen LogP contribution in [0.3, 0.4) is 0 Å². The number of nitrogens with zero attached hydrogens (tertiary/aromatic N) is 2. The molecule has 1 aromatic heterocycles. The van der Waals surface area contributed by atoms with Gasteiger partial charge in [0.2, 0.25) is 0 Å². The third kappa shape index (κ3) is 1.04. The molecule has 1 heterocycles. The van der Waals surface area contributed by atoms with E-state index in [1.54, 1.807) is 10.9 Å². The van der Waals surface area contributed by atoms with Gasteiger partial charge in [-0.05, 0) is 18.6 Å². The molecule has 0 bridgehead atoms. The lowest BCUT2D eigenvalue weighted by Crippen LogP contribution is -1.93. The summed E-state index contributed by atoms with van der Waals surface area (Å²) >= 11 is 0. The summed E-state index contributed by atoms with van der Waals surface area (Å²) in [7, 11) is 1.84. The Morgan fingerprint density at radius 3 is 2.92 bits per heavy atom. The summed E-state index contributed by atoms with van der Waals surface area (Å²) in [6, 6.07) is 3.76. The van der Waals surface area contributed by atoms with Gasteiger partial charge < -0.3 is 0 Å². The number of aromatic nitrogens is 2. The molecule has 0 unspecified atom stereocenters. The fourth-order valence-electron chi connectivity index (χ4n) is 1.55. The fraction of sp³-hybridized carbons (Fsp3) is 0.200. The zero-order valence-electron chi connectivity index (χ0n) is 7.61. The van der Waals surface area contributed by atoms with Crippen molar-refractivity contribution in [2.45, 2.75) is 6.92 Å². The van der Waals surface area contributed by atoms with Gasteiger partial charge in [-0.2, -0.15) is 5.10 Å². The summed E-state index contributed by atoms with van der Waals surface area (Å²) in [5.74, 6) is 0. The van der Waals surface area contributed by atoms with Crippen molar-refractivity contribution in [1.82, 2.24) is 9.78 Å². The molecule has 66 valence electrons. The van der Waals surface area contributed by atoms with Crippen molar-refractivity contribution in [3.05, 3.63) is 29.5 Å². The van der Waals surface area contributed by atoms with E-state index in [9.17, 15) is 4.79 Å². The number of hydrogen-bond acceptors (Lipinski definition) is 2. The van der Waals surface area contributed by atoms with Crippen molar-refractivity contribution < 1.29 is 4.79 Å². The second-order valence-electron chi connectivity index (χ2n) is 3.12. The van der Waals surface area contributed by atoms with Gasteiger partial charge in [-0.3, -0.25) is 9.48 Å². The maximum Gasteiger partial charge on any atom is 0.152 e. The van der Waals surface area contributed by atoms with Crippen LogP contribution in [0.4, 0.5) is 0 Å². The van der Waals surface area contributed by atoms with Gasteiger partial charge in [0, 0.05) is 18.0 Å². The molecule has 3 nitrogen and oxygen atoms in total. The molecular weight excluding hydrogens is 164 g/mol. The molecule has 0 amide bonds. The zero-order chi connectivity index (χ0) is 9.42. The highest BCUT2D eigenvalue weighted by Gasteiger charge is 2.06. The van der Waals surface area contributed by atoms with Crippen molar-refractivity contribution in [2.24, 2.45) is 7.05 Å². The molecule has 0 spiro atoms. The number of aryl methyl sites for hydroxylation is 2. The Morgan fingerprint density at radius 1 is 1.46 bits per heavy atom. The predicted octanol–water partition coefficient (Wildman–Crippen LogP) is 1.69. The third-order valence-electron chi connectivity index (χ3n) is 2.28. The van der Waals surface area contributed by atoms with Crippen molar-refractivity contribution in [3.8, 4) is 0 Å². The topological polar surface area (TPSA) is 34.9 Å². The van der Waals surface area contributed by atoms with E-state index in [2.05, 4.69) is 5.10 Å². The van der Waals surface area contributed by atoms with Gasteiger partial charge >= 0.3 is 0 Å². The molecule has 2 aromatic rings. The summed E-state index contributed by atoms with van der Waals surface area (Å²) in [5, 5.41) is 5.17. The van der Waals surface area contributed by atoms with E-state index in [1.165, 1.54) is 0 Å². The summed E-state index contributed by atoms with van der Waals surface area (Å²) in [6.45, 7) is 2.01. The molecule has 0 atom stereocenters. The molecule has 0 aliphatic heterocycles. The molecule has 0 saturated heterocycles. The van der Waals surface area contributed by atoms with Gasteiger partial charge in [-0.1, -0.05) is 6.07 Å². The van der Waals surface area contributed by atoms with E-state index in [1.807, 2.05) is 26.1 Å². The second-order valence-corrected chi connectivity index (χ2v) is 3.12. The lowest BCUT2D eigenvalue weighted by molar-refractivity contribution is 0.112. The van der Waals surface area contributed by atoms with Crippen LogP contribution in [0.25, 0.3) is 10.9 Å². The van der Waals surface area contributed by atoms with Gasteiger partial charge in [0.05, 0.1) is 11.7 Å². The van der Waals surface area contributed by atoms with Crippen LogP contribution in [0.5, 0.6) is 0 Å². The molecule has 0 N–H and O–H groups in total. The predicted molar refractivity (Wildman–Crippen MR) is 50.8 cm³/mol. The van der Waals surface area contributed by atoms with E-state index in [-0.39, 0.29) is 0 Å². The van der Waals surface area contributed by atoms with Gasteiger partial charge in [0.25, 0.3) is 0 Å². The minimum Gasteiger partial charge on any atom is -0.298 e. The van der Waals surface area contributed by atoms with Crippen molar-refractivity contribution in [3.63, 3.8) is 0 Å². The van der Waals surface area contributed by atoms with Crippen LogP contribution in [0.1, 0.15) is 15.9 Å². The van der Waals surface area contributed by atoms with Crippen LogP contribution in [0.2, 0.25) is 0 Å². The van der Waals surface area contributed by atoms with Crippen LogP contribution >= 0.6 is 0 Å². The smallest absolute Gasteiger partial charge is 0.152 e. The highest BCUT2D eigenvalue weighted by molar-refractivity contribution is 5.97. The van der Waals surface area contributed by atoms with Gasteiger partial charge in [-0.15, -0.1) is 0 Å². The van der Waals surface area contributed by atoms with E-state index in [0.717, 1.165) is 22.8 Å². The summed E-state index contributed by atoms with van der Waals surface area (Å²) in [6.07, 6.45) is 2.65. The van der Waals surface area contributed by atoms with Crippen molar-refractivity contribution >= 4 is 17.2 Å². The highest BCUT2D eigenvalue weighted by atomic mass is 16.1. The minimum atomic E-state index is 0.695. The Morgan fingerprint density at radius 2 is 2.23 bits per heavy atom. The summed E-state index contributed by atoms with van der Waals surface area (Å²) < 4.78 is 1.73. The van der Waals surface area contributed by atoms with Crippen LogP contribution in [0.15, 0.2) is 18.3 Å². The number of rotatable bonds is 1. The fourth-order valence-corrected chi connectivity index (χ4v) is 1.55. The summed E-state index contributed by atoms with van der Waals surface area (Å²) in [4.78, 5) is 10.7. The van der Waals surface area contributed by atoms with Crippen molar-refractivity contribution in [1.29, 1.82) is 0 Å². The minimum absolute atomic E-state index is 0.695. The van der Waals surface area contributed by atoms with Crippen LogP contribution in [-0.4, -0.2) is 16.1 Å². The Labute approximate surface area is 76.0 Å². The monoisotopic (exact) mass is 174 g/mol. The second kappa shape index (κ2) is 2.69. The third-order valence-corrected chi connectivity index (χ3v) is 2.28. The number of benzene rings is 1. The highest BCUT2D eigenvalue weighted by Crippen LogP contribution is 2.20. The Balaban J connectivity index is 2.96. The molecule has 3 heteroatoms. The lowest BCUT2D eigenvalue weighted by Gasteiger charge is -2.00. The Kier molecular flexibility index (Phi) is 1.65. The lowest BCUT2D eigenvalue weighted by atomic mass is 10.1. The quantitative estimate of drug-likeness (QED) is 0.617. The maximum absolute atomic E-state index is 10.7. The maximum atomic E-state index is 10.7. The molecule has 0 radical (unpaired) electrons. The first kappa shape index (κ1) is 7.98. The Bertz CT molecular complexity index is 471. The number of carbonyl (C=O) groups excluding carboxylic acids is 1. The van der Waals surface area contributed by atoms with Gasteiger partial charge in [0.15, 0.2) is 6.29 Å². The number of hydrogen-bond donors (Lipinski definition) is 0. The van der Waals surface area contributed by atoms with Crippen molar-refractivity contribution in [2.75, 3.05) is 0 Å². The average Bonchev–Trinajstić information content (AvgIpc) is 2.51. The zero-order valence-corrected chi connectivity index (χ0v) is 7.61. The standard InChI is InChI=1S/C10H10N2O/c1-7-3-4-8(6-13)10-9(7)5-11-12(10)2/h3-6H,1-2H3.